The summed E-state index contributed by atoms with van der Waals surface area (Å²) >= 11 is 0. The number of nitrogens with one attached hydrogen (secondary N) is 3. The van der Waals surface area contributed by atoms with Gasteiger partial charge >= 0.3 is 6.03 Å². The van der Waals surface area contributed by atoms with Crippen molar-refractivity contribution in [2.45, 2.75) is 6.92 Å². The Balaban J connectivity index is 1.85. The zero-order valence-corrected chi connectivity index (χ0v) is 10.1. The number of anilines is 2. The van der Waals surface area contributed by atoms with Crippen LogP contribution in [-0.2, 0) is 0 Å². The van der Waals surface area contributed by atoms with E-state index in [1.165, 1.54) is 0 Å². The maximum Gasteiger partial charge on any atom is 0.337 e. The summed E-state index contributed by atoms with van der Waals surface area (Å²) in [6.45, 7) is 2.00. The van der Waals surface area contributed by atoms with Gasteiger partial charge in [-0.25, -0.2) is 4.79 Å². The molecule has 0 saturated carbocycles. The lowest BCUT2D eigenvalue weighted by Crippen LogP contribution is -2.33. The first kappa shape index (κ1) is 12.0. The standard InChI is InChI=1S/C14H15N3O/c1-11-6-5-9-13(10-11)16-17-14(18)15-12-7-3-2-4-8-12/h2-10,16H,1H3,(H2,15,17,18). The fourth-order valence-electron chi connectivity index (χ4n) is 1.54. The van der Waals surface area contributed by atoms with E-state index in [2.05, 4.69) is 16.2 Å². The maximum atomic E-state index is 11.6. The van der Waals surface area contributed by atoms with Crippen molar-refractivity contribution >= 4 is 17.4 Å². The van der Waals surface area contributed by atoms with E-state index in [0.717, 1.165) is 16.9 Å². The highest BCUT2D eigenvalue weighted by Gasteiger charge is 2.00. The van der Waals surface area contributed by atoms with Gasteiger partial charge in [-0.1, -0.05) is 30.3 Å². The molecule has 2 aromatic carbocycles. The maximum absolute atomic E-state index is 11.6. The third-order valence-electron chi connectivity index (χ3n) is 2.37. The minimum Gasteiger partial charge on any atom is -0.307 e. The number of hydrogen-bond acceptors (Lipinski definition) is 2. The third kappa shape index (κ3) is 3.52. The second-order valence-electron chi connectivity index (χ2n) is 3.94. The van der Waals surface area contributed by atoms with Crippen LogP contribution < -0.4 is 16.2 Å². The van der Waals surface area contributed by atoms with Crippen molar-refractivity contribution in [3.63, 3.8) is 0 Å². The van der Waals surface area contributed by atoms with Gasteiger partial charge in [0.05, 0.1) is 5.69 Å². The average molecular weight is 241 g/mol. The minimum absolute atomic E-state index is 0.303. The molecule has 2 rings (SSSR count). The van der Waals surface area contributed by atoms with Gasteiger partial charge in [0.2, 0.25) is 0 Å². The molecule has 0 aliphatic rings. The molecule has 0 unspecified atom stereocenters. The number of carbonyl (C=O) groups is 1. The number of carbonyl (C=O) groups excluding carboxylic acids is 1. The quantitative estimate of drug-likeness (QED) is 0.723. The number of hydrazine groups is 1. The molecule has 0 aliphatic heterocycles. The number of para-hydroxylation sites is 1. The molecule has 0 bridgehead atoms. The SMILES string of the molecule is Cc1cccc(NNC(=O)Nc2ccccc2)c1. The molecule has 2 amide bonds. The Morgan fingerprint density at radius 3 is 2.39 bits per heavy atom. The van der Waals surface area contributed by atoms with Crippen molar-refractivity contribution in [2.24, 2.45) is 0 Å². The largest absolute Gasteiger partial charge is 0.337 e. The number of amides is 2. The molecule has 0 radical (unpaired) electrons. The molecule has 0 saturated heterocycles. The van der Waals surface area contributed by atoms with E-state index < -0.39 is 0 Å². The van der Waals surface area contributed by atoms with Gasteiger partial charge in [-0.15, -0.1) is 0 Å². The topological polar surface area (TPSA) is 53.2 Å². The molecule has 3 N–H and O–H groups in total. The summed E-state index contributed by atoms with van der Waals surface area (Å²) in [4.78, 5) is 11.6. The van der Waals surface area contributed by atoms with Crippen LogP contribution in [0.25, 0.3) is 0 Å². The molecule has 0 heterocycles. The number of urea groups is 1. The van der Waals surface area contributed by atoms with Crippen LogP contribution in [0.5, 0.6) is 0 Å². The first-order valence-corrected chi connectivity index (χ1v) is 5.69. The smallest absolute Gasteiger partial charge is 0.307 e. The van der Waals surface area contributed by atoms with E-state index >= 15 is 0 Å². The lowest BCUT2D eigenvalue weighted by Gasteiger charge is -2.10. The van der Waals surface area contributed by atoms with Crippen LogP contribution in [0, 0.1) is 6.92 Å². The first-order chi connectivity index (χ1) is 8.74. The first-order valence-electron chi connectivity index (χ1n) is 5.69. The molecular weight excluding hydrogens is 226 g/mol. The summed E-state index contributed by atoms with van der Waals surface area (Å²) in [5.74, 6) is 0. The number of rotatable bonds is 3. The van der Waals surface area contributed by atoms with Gasteiger partial charge in [0.25, 0.3) is 0 Å². The second-order valence-corrected chi connectivity index (χ2v) is 3.94. The lowest BCUT2D eigenvalue weighted by molar-refractivity contribution is 0.254. The van der Waals surface area contributed by atoms with Crippen molar-refractivity contribution < 1.29 is 4.79 Å². The van der Waals surface area contributed by atoms with Gasteiger partial charge in [-0.3, -0.25) is 10.9 Å². The zero-order chi connectivity index (χ0) is 12.8. The molecule has 0 atom stereocenters. The fourth-order valence-corrected chi connectivity index (χ4v) is 1.54. The summed E-state index contributed by atoms with van der Waals surface area (Å²) < 4.78 is 0. The fraction of sp³-hybridized carbons (Fsp3) is 0.0714. The lowest BCUT2D eigenvalue weighted by atomic mass is 10.2. The van der Waals surface area contributed by atoms with Gasteiger partial charge in [0.15, 0.2) is 0 Å². The summed E-state index contributed by atoms with van der Waals surface area (Å²) in [5, 5.41) is 2.71. The molecule has 4 heteroatoms. The van der Waals surface area contributed by atoms with Crippen LogP contribution >= 0.6 is 0 Å². The van der Waals surface area contributed by atoms with Gasteiger partial charge in [-0.2, -0.15) is 0 Å². The van der Waals surface area contributed by atoms with Crippen LogP contribution in [-0.4, -0.2) is 6.03 Å². The highest BCUT2D eigenvalue weighted by atomic mass is 16.2. The predicted octanol–water partition coefficient (Wildman–Crippen LogP) is 3.14. The van der Waals surface area contributed by atoms with Gasteiger partial charge in [0.1, 0.15) is 0 Å². The molecule has 0 aromatic heterocycles. The van der Waals surface area contributed by atoms with Crippen LogP contribution in [0.2, 0.25) is 0 Å². The molecule has 0 fully saturated rings. The van der Waals surface area contributed by atoms with Crippen molar-refractivity contribution in [3.05, 3.63) is 60.2 Å². The molecule has 0 spiro atoms. The Morgan fingerprint density at radius 2 is 1.67 bits per heavy atom. The summed E-state index contributed by atoms with van der Waals surface area (Å²) in [6, 6.07) is 16.7. The second kappa shape index (κ2) is 5.72. The molecule has 18 heavy (non-hydrogen) atoms. The van der Waals surface area contributed by atoms with Gasteiger partial charge in [0, 0.05) is 5.69 Å². The molecule has 2 aromatic rings. The van der Waals surface area contributed by atoms with Gasteiger partial charge in [-0.05, 0) is 36.8 Å². The van der Waals surface area contributed by atoms with E-state index in [9.17, 15) is 4.79 Å². The Bertz CT molecular complexity index is 526. The van der Waals surface area contributed by atoms with E-state index in [1.54, 1.807) is 0 Å². The van der Waals surface area contributed by atoms with Crippen LogP contribution in [0.15, 0.2) is 54.6 Å². The highest BCUT2D eigenvalue weighted by molar-refractivity contribution is 5.89. The van der Waals surface area contributed by atoms with Crippen molar-refractivity contribution in [3.8, 4) is 0 Å². The summed E-state index contributed by atoms with van der Waals surface area (Å²) in [6.07, 6.45) is 0. The molecular formula is C14H15N3O. The number of benzene rings is 2. The molecule has 0 aliphatic carbocycles. The highest BCUT2D eigenvalue weighted by Crippen LogP contribution is 2.08. The summed E-state index contributed by atoms with van der Waals surface area (Å²) in [5.41, 5.74) is 8.14. The Labute approximate surface area is 106 Å². The van der Waals surface area contributed by atoms with Crippen molar-refractivity contribution in [2.75, 3.05) is 10.7 Å². The average Bonchev–Trinajstić information content (AvgIpc) is 2.38. The monoisotopic (exact) mass is 241 g/mol. The Kier molecular flexibility index (Phi) is 3.81. The zero-order valence-electron chi connectivity index (χ0n) is 10.1. The number of aryl methyl sites for hydroxylation is 1. The van der Waals surface area contributed by atoms with Crippen LogP contribution in [0.1, 0.15) is 5.56 Å². The predicted molar refractivity (Wildman–Crippen MR) is 73.4 cm³/mol. The van der Waals surface area contributed by atoms with E-state index in [0.29, 0.717) is 0 Å². The Morgan fingerprint density at radius 1 is 0.944 bits per heavy atom. The van der Waals surface area contributed by atoms with Crippen LogP contribution in [0.3, 0.4) is 0 Å². The van der Waals surface area contributed by atoms with Gasteiger partial charge < -0.3 is 5.32 Å². The van der Waals surface area contributed by atoms with Crippen molar-refractivity contribution in [1.82, 2.24) is 5.43 Å². The van der Waals surface area contributed by atoms with E-state index in [-0.39, 0.29) is 6.03 Å². The van der Waals surface area contributed by atoms with E-state index in [4.69, 9.17) is 0 Å². The third-order valence-corrected chi connectivity index (χ3v) is 2.37. The van der Waals surface area contributed by atoms with Crippen molar-refractivity contribution in [1.29, 1.82) is 0 Å². The van der Waals surface area contributed by atoms with Crippen LogP contribution in [0.4, 0.5) is 16.2 Å². The molecule has 92 valence electrons. The summed E-state index contributed by atoms with van der Waals surface area (Å²) in [7, 11) is 0. The normalized spacial score (nSPS) is 9.61. The van der Waals surface area contributed by atoms with E-state index in [1.807, 2.05) is 61.5 Å². The number of hydrogen-bond donors (Lipinski definition) is 3. The minimum atomic E-state index is -0.303. The Hall–Kier alpha value is -2.49. The molecule has 4 nitrogen and oxygen atoms in total.